The Morgan fingerprint density at radius 3 is 2.27 bits per heavy atom. The number of nitrogens with one attached hydrogen (secondary N) is 1. The minimum atomic E-state index is -0.164. The van der Waals surface area contributed by atoms with Crippen LogP contribution in [0, 0.1) is 34.0 Å². The Labute approximate surface area is 241 Å². The Morgan fingerprint density at radius 1 is 0.975 bits per heavy atom. The third kappa shape index (κ3) is 4.66. The Hall–Kier alpha value is -2.40. The first-order valence-corrected chi connectivity index (χ1v) is 15.4. The van der Waals surface area contributed by atoms with E-state index in [0.717, 1.165) is 44.1 Å². The van der Waals surface area contributed by atoms with Gasteiger partial charge in [0, 0.05) is 30.5 Å². The monoisotopic (exact) mass is 546 g/mol. The van der Waals surface area contributed by atoms with E-state index in [9.17, 15) is 9.59 Å². The van der Waals surface area contributed by atoms with Crippen molar-refractivity contribution in [2.45, 2.75) is 98.3 Å². The van der Waals surface area contributed by atoms with Crippen molar-refractivity contribution in [1.82, 2.24) is 10.2 Å². The van der Waals surface area contributed by atoms with E-state index in [1.54, 1.807) is 18.1 Å². The van der Waals surface area contributed by atoms with Gasteiger partial charge >= 0.3 is 5.97 Å². The van der Waals surface area contributed by atoms with Crippen molar-refractivity contribution in [3.8, 4) is 0 Å². The maximum absolute atomic E-state index is 13.1. The van der Waals surface area contributed by atoms with Crippen molar-refractivity contribution in [3.63, 3.8) is 0 Å². The second kappa shape index (κ2) is 10.5. The van der Waals surface area contributed by atoms with Crippen LogP contribution in [0.3, 0.4) is 0 Å². The highest BCUT2D eigenvalue weighted by Crippen LogP contribution is 2.69. The molecule has 5 rings (SSSR count). The molecular formula is C35H50N2O3. The highest BCUT2D eigenvalue weighted by atomic mass is 16.5. The molecule has 0 unspecified atom stereocenters. The number of fused-ring (bicyclic) bond motifs is 4. The van der Waals surface area contributed by atoms with E-state index in [-0.39, 0.29) is 46.2 Å². The van der Waals surface area contributed by atoms with Crippen molar-refractivity contribution in [3.05, 3.63) is 59.2 Å². The van der Waals surface area contributed by atoms with Gasteiger partial charge in [-0.1, -0.05) is 69.2 Å². The highest BCUT2D eigenvalue weighted by molar-refractivity contribution is 5.94. The lowest BCUT2D eigenvalue weighted by molar-refractivity contribution is -0.150. The van der Waals surface area contributed by atoms with Crippen molar-refractivity contribution in [2.24, 2.45) is 34.0 Å². The van der Waals surface area contributed by atoms with Crippen LogP contribution in [0.1, 0.15) is 90.4 Å². The number of amides is 1. The Morgan fingerprint density at radius 2 is 1.62 bits per heavy atom. The Balaban J connectivity index is 1.42. The predicted molar refractivity (Wildman–Crippen MR) is 161 cm³/mol. The quantitative estimate of drug-likeness (QED) is 0.326. The molecule has 0 aliphatic heterocycles. The number of carbonyl (C=O) groups is 2. The van der Waals surface area contributed by atoms with E-state index < -0.39 is 0 Å². The van der Waals surface area contributed by atoms with Gasteiger partial charge in [-0.05, 0) is 99.8 Å². The topological polar surface area (TPSA) is 58.6 Å². The van der Waals surface area contributed by atoms with Crippen molar-refractivity contribution < 1.29 is 14.3 Å². The number of esters is 1. The summed E-state index contributed by atoms with van der Waals surface area (Å²) >= 11 is 0. The number of hydrogen-bond donors (Lipinski definition) is 1. The summed E-state index contributed by atoms with van der Waals surface area (Å²) in [5.74, 6) is 1.05. The molecule has 0 spiro atoms. The van der Waals surface area contributed by atoms with Crippen LogP contribution in [0.5, 0.6) is 0 Å². The highest BCUT2D eigenvalue weighted by Gasteiger charge is 2.65. The van der Waals surface area contributed by atoms with E-state index >= 15 is 0 Å². The van der Waals surface area contributed by atoms with Gasteiger partial charge in [-0.25, -0.2) is 0 Å². The zero-order chi connectivity index (χ0) is 29.0. The van der Waals surface area contributed by atoms with E-state index in [1.807, 2.05) is 30.3 Å². The van der Waals surface area contributed by atoms with Crippen LogP contribution in [-0.4, -0.2) is 49.1 Å². The summed E-state index contributed by atoms with van der Waals surface area (Å²) in [7, 11) is 4.30. The third-order valence-electron chi connectivity index (χ3n) is 12.1. The molecule has 2 fully saturated rings. The summed E-state index contributed by atoms with van der Waals surface area (Å²) in [6, 6.07) is 10.00. The van der Waals surface area contributed by atoms with Gasteiger partial charge < -0.3 is 15.0 Å². The molecule has 2 saturated carbocycles. The normalized spacial score (nSPS) is 37.2. The Kier molecular flexibility index (Phi) is 7.61. The summed E-state index contributed by atoms with van der Waals surface area (Å²) < 4.78 is 6.10. The maximum Gasteiger partial charge on any atom is 0.302 e. The van der Waals surface area contributed by atoms with Crippen LogP contribution in [-0.2, 0) is 9.53 Å². The minimum absolute atomic E-state index is 0.0207. The van der Waals surface area contributed by atoms with Crippen LogP contribution in [0.25, 0.3) is 0 Å². The molecule has 40 heavy (non-hydrogen) atoms. The molecule has 0 radical (unpaired) electrons. The molecule has 1 aromatic carbocycles. The molecule has 0 bridgehead atoms. The molecule has 4 aliphatic rings. The lowest BCUT2D eigenvalue weighted by atomic mass is 9.51. The maximum atomic E-state index is 13.1. The first kappa shape index (κ1) is 29.1. The molecule has 0 aromatic heterocycles. The first-order valence-electron chi connectivity index (χ1n) is 15.4. The van der Waals surface area contributed by atoms with Gasteiger partial charge in [0.2, 0.25) is 0 Å². The zero-order valence-corrected chi connectivity index (χ0v) is 25.9. The van der Waals surface area contributed by atoms with E-state index in [2.05, 4.69) is 71.1 Å². The average Bonchev–Trinajstić information content (AvgIpc) is 3.00. The van der Waals surface area contributed by atoms with Gasteiger partial charge in [0.05, 0.1) is 0 Å². The largest absolute Gasteiger partial charge is 0.462 e. The summed E-state index contributed by atoms with van der Waals surface area (Å²) in [4.78, 5) is 27.6. The number of allylic oxidation sites excluding steroid dienone is 3. The molecular weight excluding hydrogens is 496 g/mol. The molecule has 0 saturated heterocycles. The number of rotatable bonds is 5. The number of benzene rings is 1. The SMILES string of the molecule is CC(=O)O[C@@H]1C[C@@]2(C)[C@@H]3CC[C@@H]4C(=CC[C@H](NC(=O)c5ccccc5)C4(C)C)CC3=CC[C@]2(C)[C@H]1[C@H](C)N(C)C. The molecule has 218 valence electrons. The smallest absolute Gasteiger partial charge is 0.302 e. The van der Waals surface area contributed by atoms with Gasteiger partial charge in [0.25, 0.3) is 5.91 Å². The van der Waals surface area contributed by atoms with Crippen molar-refractivity contribution in [1.29, 1.82) is 0 Å². The van der Waals surface area contributed by atoms with Crippen LogP contribution in [0.4, 0.5) is 0 Å². The van der Waals surface area contributed by atoms with Crippen molar-refractivity contribution >= 4 is 11.9 Å². The van der Waals surface area contributed by atoms with Gasteiger partial charge in [-0.2, -0.15) is 0 Å². The Bertz CT molecular complexity index is 1200. The van der Waals surface area contributed by atoms with Gasteiger partial charge in [-0.3, -0.25) is 9.59 Å². The number of ether oxygens (including phenoxy) is 1. The average molecular weight is 547 g/mol. The third-order valence-corrected chi connectivity index (χ3v) is 12.1. The lowest BCUT2D eigenvalue weighted by Crippen LogP contribution is -2.51. The molecule has 1 N–H and O–H groups in total. The predicted octanol–water partition coefficient (Wildman–Crippen LogP) is 6.80. The summed E-state index contributed by atoms with van der Waals surface area (Å²) in [6.07, 6.45) is 11.1. The standard InChI is InChI=1S/C35H50N2O3/c1-22(37(7)8)31-29(40-23(2)38)21-35(6)28-16-15-27-25(20-26(28)18-19-34(31,35)5)14-17-30(33(27,3)4)36-32(39)24-12-10-9-11-13-24/h9-14,18,22,27-31H,15-17,19-21H2,1-8H3,(H,36,39)/t22-,27+,28+,29+,30-,31-,34+,35-/m0/s1. The van der Waals surface area contributed by atoms with Crippen molar-refractivity contribution in [2.75, 3.05) is 14.1 Å². The van der Waals surface area contributed by atoms with Crippen LogP contribution in [0.15, 0.2) is 53.6 Å². The van der Waals surface area contributed by atoms with Gasteiger partial charge in [0.15, 0.2) is 0 Å². The zero-order valence-electron chi connectivity index (χ0n) is 25.9. The van der Waals surface area contributed by atoms with E-state index in [4.69, 9.17) is 4.74 Å². The number of nitrogens with zero attached hydrogens (tertiary/aromatic N) is 1. The second-order valence-corrected chi connectivity index (χ2v) is 14.5. The molecule has 0 heterocycles. The fourth-order valence-corrected chi connectivity index (χ4v) is 9.40. The number of carbonyl (C=O) groups excluding carboxylic acids is 2. The molecule has 5 heteroatoms. The first-order chi connectivity index (χ1) is 18.8. The fourth-order valence-electron chi connectivity index (χ4n) is 9.40. The molecule has 5 nitrogen and oxygen atoms in total. The fraction of sp³-hybridized carbons (Fsp3) is 0.657. The molecule has 8 atom stereocenters. The van der Waals surface area contributed by atoms with E-state index in [1.165, 1.54) is 0 Å². The summed E-state index contributed by atoms with van der Waals surface area (Å²) in [6.45, 7) is 13.6. The molecule has 1 amide bonds. The van der Waals surface area contributed by atoms with Crippen LogP contribution in [0.2, 0.25) is 0 Å². The minimum Gasteiger partial charge on any atom is -0.462 e. The van der Waals surface area contributed by atoms with Crippen LogP contribution < -0.4 is 5.32 Å². The van der Waals surface area contributed by atoms with Gasteiger partial charge in [0.1, 0.15) is 6.10 Å². The number of hydrogen-bond acceptors (Lipinski definition) is 4. The van der Waals surface area contributed by atoms with Crippen LogP contribution >= 0.6 is 0 Å². The lowest BCUT2D eigenvalue weighted by Gasteiger charge is -2.53. The summed E-state index contributed by atoms with van der Waals surface area (Å²) in [5, 5.41) is 3.39. The van der Waals surface area contributed by atoms with E-state index in [0.29, 0.717) is 17.9 Å². The summed E-state index contributed by atoms with van der Waals surface area (Å²) in [5.41, 5.74) is 3.95. The van der Waals surface area contributed by atoms with Gasteiger partial charge in [-0.15, -0.1) is 0 Å². The second-order valence-electron chi connectivity index (χ2n) is 14.5. The molecule has 4 aliphatic carbocycles. The molecule has 1 aromatic rings.